The summed E-state index contributed by atoms with van der Waals surface area (Å²) in [5, 5.41) is 2.61. The number of allylic oxidation sites excluding steroid dienone is 1. The lowest BCUT2D eigenvalue weighted by molar-refractivity contribution is 0.901. The van der Waals surface area contributed by atoms with E-state index in [9.17, 15) is 0 Å². The molecule has 0 saturated carbocycles. The Kier molecular flexibility index (Phi) is 2.59. The van der Waals surface area contributed by atoms with Crippen molar-refractivity contribution in [3.05, 3.63) is 60.2 Å². The predicted molar refractivity (Wildman–Crippen MR) is 67.2 cm³/mol. The van der Waals surface area contributed by atoms with Crippen LogP contribution in [0.1, 0.15) is 25.3 Å². The van der Waals surface area contributed by atoms with E-state index in [1.54, 1.807) is 0 Å². The summed E-state index contributed by atoms with van der Waals surface area (Å²) in [5.74, 6) is 0.439. The molecule has 2 aromatic carbocycles. The first-order valence-corrected chi connectivity index (χ1v) is 5.32. The summed E-state index contributed by atoms with van der Waals surface area (Å²) in [4.78, 5) is 0. The van der Waals surface area contributed by atoms with Crippen LogP contribution in [0.15, 0.2) is 54.6 Å². The molecular weight excluding hydrogens is 180 g/mol. The highest BCUT2D eigenvalue weighted by molar-refractivity contribution is 5.83. The molecule has 1 unspecified atom stereocenters. The van der Waals surface area contributed by atoms with Crippen LogP contribution in [0.5, 0.6) is 0 Å². The van der Waals surface area contributed by atoms with Gasteiger partial charge in [-0.1, -0.05) is 61.5 Å². The molecule has 76 valence electrons. The molecule has 0 aliphatic carbocycles. The Morgan fingerprint density at radius 3 is 2.40 bits per heavy atom. The average molecular weight is 196 g/mol. The van der Waals surface area contributed by atoms with Gasteiger partial charge in [0.25, 0.3) is 0 Å². The molecule has 15 heavy (non-hydrogen) atoms. The lowest BCUT2D eigenvalue weighted by Crippen LogP contribution is -1.93. The molecular formula is C15H16. The molecule has 0 saturated heterocycles. The number of hydrogen-bond acceptors (Lipinski definition) is 0. The van der Waals surface area contributed by atoms with Crippen LogP contribution in [0.25, 0.3) is 10.8 Å². The largest absolute Gasteiger partial charge is 0.0995 e. The van der Waals surface area contributed by atoms with Crippen LogP contribution in [-0.4, -0.2) is 0 Å². The van der Waals surface area contributed by atoms with Gasteiger partial charge in [0.2, 0.25) is 0 Å². The van der Waals surface area contributed by atoms with Crippen molar-refractivity contribution < 1.29 is 0 Å². The van der Waals surface area contributed by atoms with Crippen molar-refractivity contribution in [2.45, 2.75) is 19.8 Å². The van der Waals surface area contributed by atoms with E-state index in [4.69, 9.17) is 0 Å². The minimum Gasteiger partial charge on any atom is -0.0995 e. The normalized spacial score (nSPS) is 12.7. The van der Waals surface area contributed by atoms with E-state index in [0.717, 1.165) is 0 Å². The molecule has 0 aliphatic heterocycles. The molecule has 0 heteroatoms. The molecule has 0 aromatic heterocycles. The van der Waals surface area contributed by atoms with Crippen LogP contribution >= 0.6 is 0 Å². The Labute approximate surface area is 91.2 Å². The number of fused-ring (bicyclic) bond motifs is 1. The summed E-state index contributed by atoms with van der Waals surface area (Å²) in [6.45, 7) is 8.30. The molecule has 0 amide bonds. The van der Waals surface area contributed by atoms with Gasteiger partial charge in [-0.25, -0.2) is 0 Å². The third-order valence-corrected chi connectivity index (χ3v) is 3.01. The van der Waals surface area contributed by atoms with E-state index in [2.05, 4.69) is 62.9 Å². The van der Waals surface area contributed by atoms with Gasteiger partial charge in [-0.2, -0.15) is 0 Å². The minimum atomic E-state index is 0.439. The highest BCUT2D eigenvalue weighted by atomic mass is 14.1. The maximum absolute atomic E-state index is 4.01. The zero-order chi connectivity index (χ0) is 10.8. The molecule has 2 aromatic rings. The smallest absolute Gasteiger partial charge is 0.00145 e. The fraction of sp³-hybridized carbons (Fsp3) is 0.200. The first kappa shape index (κ1) is 9.97. The van der Waals surface area contributed by atoms with Gasteiger partial charge < -0.3 is 0 Å². The number of benzene rings is 2. The molecule has 0 nitrogen and oxygen atoms in total. The van der Waals surface area contributed by atoms with E-state index in [1.807, 2.05) is 0 Å². The summed E-state index contributed by atoms with van der Waals surface area (Å²) in [6.07, 6.45) is 0. The molecule has 0 fully saturated rings. The molecule has 1 atom stereocenters. The SMILES string of the molecule is C=C(C)C(C)c1ccc2ccccc2c1. The first-order chi connectivity index (χ1) is 7.18. The van der Waals surface area contributed by atoms with Gasteiger partial charge in [-0.05, 0) is 23.3 Å². The van der Waals surface area contributed by atoms with Gasteiger partial charge in [0.15, 0.2) is 0 Å². The van der Waals surface area contributed by atoms with Crippen LogP contribution in [0.3, 0.4) is 0 Å². The summed E-state index contributed by atoms with van der Waals surface area (Å²) in [5.41, 5.74) is 2.56. The summed E-state index contributed by atoms with van der Waals surface area (Å²) >= 11 is 0. The van der Waals surface area contributed by atoms with Gasteiger partial charge >= 0.3 is 0 Å². The summed E-state index contributed by atoms with van der Waals surface area (Å²) < 4.78 is 0. The van der Waals surface area contributed by atoms with Gasteiger partial charge in [-0.3, -0.25) is 0 Å². The van der Waals surface area contributed by atoms with Crippen molar-refractivity contribution in [3.63, 3.8) is 0 Å². The Morgan fingerprint density at radius 1 is 1.07 bits per heavy atom. The monoisotopic (exact) mass is 196 g/mol. The molecule has 0 N–H and O–H groups in total. The van der Waals surface area contributed by atoms with Crippen LogP contribution < -0.4 is 0 Å². The van der Waals surface area contributed by atoms with Crippen molar-refractivity contribution in [1.82, 2.24) is 0 Å². The highest BCUT2D eigenvalue weighted by Crippen LogP contribution is 2.25. The maximum atomic E-state index is 4.01. The third-order valence-electron chi connectivity index (χ3n) is 3.01. The van der Waals surface area contributed by atoms with E-state index in [1.165, 1.54) is 21.9 Å². The molecule has 0 aliphatic rings. The molecule has 0 heterocycles. The molecule has 0 bridgehead atoms. The van der Waals surface area contributed by atoms with Crippen molar-refractivity contribution in [2.75, 3.05) is 0 Å². The zero-order valence-corrected chi connectivity index (χ0v) is 9.33. The van der Waals surface area contributed by atoms with Crippen molar-refractivity contribution in [3.8, 4) is 0 Å². The van der Waals surface area contributed by atoms with Gasteiger partial charge in [0.05, 0.1) is 0 Å². The number of hydrogen-bond donors (Lipinski definition) is 0. The van der Waals surface area contributed by atoms with Crippen molar-refractivity contribution >= 4 is 10.8 Å². The van der Waals surface area contributed by atoms with E-state index in [-0.39, 0.29) is 0 Å². The minimum absolute atomic E-state index is 0.439. The van der Waals surface area contributed by atoms with E-state index >= 15 is 0 Å². The second-order valence-electron chi connectivity index (χ2n) is 4.17. The van der Waals surface area contributed by atoms with Gasteiger partial charge in [0, 0.05) is 5.92 Å². The van der Waals surface area contributed by atoms with E-state index in [0.29, 0.717) is 5.92 Å². The van der Waals surface area contributed by atoms with Gasteiger partial charge in [0.1, 0.15) is 0 Å². The zero-order valence-electron chi connectivity index (χ0n) is 9.33. The standard InChI is InChI=1S/C15H16/c1-11(2)12(3)14-9-8-13-6-4-5-7-15(13)10-14/h4-10,12H,1H2,2-3H3. The van der Waals surface area contributed by atoms with Crippen LogP contribution in [0.2, 0.25) is 0 Å². The lowest BCUT2D eigenvalue weighted by atomic mass is 9.93. The Balaban J connectivity index is 2.51. The summed E-state index contributed by atoms with van der Waals surface area (Å²) in [6, 6.07) is 15.1. The Hall–Kier alpha value is -1.56. The van der Waals surface area contributed by atoms with Crippen molar-refractivity contribution in [1.29, 1.82) is 0 Å². The number of rotatable bonds is 2. The fourth-order valence-electron chi connectivity index (χ4n) is 1.76. The third kappa shape index (κ3) is 1.94. The lowest BCUT2D eigenvalue weighted by Gasteiger charge is -2.12. The first-order valence-electron chi connectivity index (χ1n) is 5.32. The predicted octanol–water partition coefficient (Wildman–Crippen LogP) is 4.52. The summed E-state index contributed by atoms with van der Waals surface area (Å²) in [7, 11) is 0. The fourth-order valence-corrected chi connectivity index (χ4v) is 1.76. The molecule has 0 spiro atoms. The topological polar surface area (TPSA) is 0 Å². The Morgan fingerprint density at radius 2 is 1.73 bits per heavy atom. The van der Waals surface area contributed by atoms with E-state index < -0.39 is 0 Å². The van der Waals surface area contributed by atoms with Crippen LogP contribution in [-0.2, 0) is 0 Å². The molecule has 0 radical (unpaired) electrons. The van der Waals surface area contributed by atoms with Crippen LogP contribution in [0, 0.1) is 0 Å². The average Bonchev–Trinajstić information content (AvgIpc) is 2.27. The van der Waals surface area contributed by atoms with Crippen LogP contribution in [0.4, 0.5) is 0 Å². The quantitative estimate of drug-likeness (QED) is 0.619. The highest BCUT2D eigenvalue weighted by Gasteiger charge is 2.05. The maximum Gasteiger partial charge on any atom is 0.00145 e. The second-order valence-corrected chi connectivity index (χ2v) is 4.17. The van der Waals surface area contributed by atoms with Gasteiger partial charge in [-0.15, -0.1) is 0 Å². The van der Waals surface area contributed by atoms with Crippen molar-refractivity contribution in [2.24, 2.45) is 0 Å². The second kappa shape index (κ2) is 3.90. The molecule has 2 rings (SSSR count). The Bertz CT molecular complexity index is 494.